The number of ketones is 1. The Hall–Kier alpha value is -2.64. The second-order valence-corrected chi connectivity index (χ2v) is 8.17. The Morgan fingerprint density at radius 3 is 2.50 bits per heavy atom. The van der Waals surface area contributed by atoms with Crippen LogP contribution in [0.2, 0.25) is 0 Å². The van der Waals surface area contributed by atoms with Crippen LogP contribution in [-0.4, -0.2) is 58.8 Å². The lowest BCUT2D eigenvalue weighted by atomic mass is 10.1. The molecule has 2 heterocycles. The molecule has 0 unspecified atom stereocenters. The first kappa shape index (κ1) is 22.1. The van der Waals surface area contributed by atoms with Crippen molar-refractivity contribution in [2.24, 2.45) is 5.92 Å². The number of likely N-dealkylation sites (tertiary alicyclic amines) is 1. The minimum Gasteiger partial charge on any atom is -0.462 e. The number of H-pyrrole nitrogens is 1. The molecule has 1 saturated carbocycles. The summed E-state index contributed by atoms with van der Waals surface area (Å²) in [7, 11) is 0. The van der Waals surface area contributed by atoms with Crippen LogP contribution in [-0.2, 0) is 19.1 Å². The molecule has 164 valence electrons. The number of ether oxygens (including phenoxy) is 2. The number of Topliss-reactive ketones (excluding diaryl/α,β-unsaturated/α-hetero) is 1. The number of aromatic amines is 1. The van der Waals surface area contributed by atoms with E-state index in [0.717, 1.165) is 25.7 Å². The smallest absolute Gasteiger partial charge is 0.340 e. The lowest BCUT2D eigenvalue weighted by Gasteiger charge is -2.24. The number of esters is 2. The lowest BCUT2D eigenvalue weighted by molar-refractivity contribution is -0.151. The van der Waals surface area contributed by atoms with Gasteiger partial charge in [-0.3, -0.25) is 14.4 Å². The van der Waals surface area contributed by atoms with Gasteiger partial charge in [0.1, 0.15) is 0 Å². The fraction of sp³-hybridized carbons (Fsp3) is 0.636. The number of nitrogens with one attached hydrogen (secondary N) is 1. The Morgan fingerprint density at radius 2 is 1.87 bits per heavy atom. The first-order valence-corrected chi connectivity index (χ1v) is 10.6. The summed E-state index contributed by atoms with van der Waals surface area (Å²) in [5.74, 6) is -2.01. The molecule has 1 amide bonds. The summed E-state index contributed by atoms with van der Waals surface area (Å²) in [6.07, 6.45) is 3.28. The van der Waals surface area contributed by atoms with Gasteiger partial charge >= 0.3 is 11.9 Å². The zero-order valence-electron chi connectivity index (χ0n) is 18.1. The van der Waals surface area contributed by atoms with Gasteiger partial charge in [0.05, 0.1) is 23.8 Å². The van der Waals surface area contributed by atoms with E-state index < -0.39 is 29.7 Å². The van der Waals surface area contributed by atoms with E-state index in [4.69, 9.17) is 9.47 Å². The predicted octanol–water partition coefficient (Wildman–Crippen LogP) is 2.71. The Kier molecular flexibility index (Phi) is 6.63. The largest absolute Gasteiger partial charge is 0.462 e. The van der Waals surface area contributed by atoms with Crippen LogP contribution in [0, 0.1) is 19.8 Å². The van der Waals surface area contributed by atoms with Crippen LogP contribution in [0.3, 0.4) is 0 Å². The molecule has 3 rings (SSSR count). The molecule has 1 aliphatic heterocycles. The van der Waals surface area contributed by atoms with E-state index in [-0.39, 0.29) is 30.7 Å². The zero-order chi connectivity index (χ0) is 22.0. The third kappa shape index (κ3) is 4.27. The van der Waals surface area contributed by atoms with Gasteiger partial charge in [0.2, 0.25) is 11.7 Å². The second-order valence-electron chi connectivity index (χ2n) is 8.17. The number of amides is 1. The molecular formula is C22H30N2O6. The highest BCUT2D eigenvalue weighted by Crippen LogP contribution is 2.30. The summed E-state index contributed by atoms with van der Waals surface area (Å²) in [5.41, 5.74) is 1.56. The minimum absolute atomic E-state index is 0.0160. The quantitative estimate of drug-likeness (QED) is 0.539. The highest BCUT2D eigenvalue weighted by molar-refractivity contribution is 6.04. The van der Waals surface area contributed by atoms with Gasteiger partial charge < -0.3 is 19.4 Å². The van der Waals surface area contributed by atoms with Crippen molar-refractivity contribution in [3.05, 3.63) is 22.5 Å². The normalized spacial score (nSPS) is 20.5. The number of hydrogen-bond donors (Lipinski definition) is 1. The van der Waals surface area contributed by atoms with Crippen LogP contribution in [0.4, 0.5) is 0 Å². The monoisotopic (exact) mass is 418 g/mol. The topological polar surface area (TPSA) is 106 Å². The van der Waals surface area contributed by atoms with Crippen molar-refractivity contribution in [2.75, 3.05) is 13.2 Å². The molecule has 2 atom stereocenters. The van der Waals surface area contributed by atoms with E-state index in [1.807, 2.05) is 0 Å². The van der Waals surface area contributed by atoms with Crippen LogP contribution in [0.1, 0.15) is 78.1 Å². The third-order valence-electron chi connectivity index (χ3n) is 6.08. The molecule has 0 spiro atoms. The molecule has 1 N–H and O–H groups in total. The van der Waals surface area contributed by atoms with Gasteiger partial charge in [-0.1, -0.05) is 12.8 Å². The van der Waals surface area contributed by atoms with Crippen molar-refractivity contribution in [1.29, 1.82) is 0 Å². The maximum absolute atomic E-state index is 12.9. The molecule has 0 radical (unpaired) electrons. The number of carbonyl (C=O) groups is 4. The SMILES string of the molecule is CCOC(=O)c1c(C)[nH]c(C(=O)[C@H](C)OC(=O)[C@@H]2CC(=O)N(C3CCCC3)C2)c1C. The summed E-state index contributed by atoms with van der Waals surface area (Å²) < 4.78 is 10.5. The van der Waals surface area contributed by atoms with Crippen LogP contribution in [0.5, 0.6) is 0 Å². The van der Waals surface area contributed by atoms with Crippen molar-refractivity contribution in [1.82, 2.24) is 9.88 Å². The van der Waals surface area contributed by atoms with Crippen molar-refractivity contribution in [3.63, 3.8) is 0 Å². The van der Waals surface area contributed by atoms with Crippen molar-refractivity contribution in [2.45, 2.75) is 71.9 Å². The fourth-order valence-electron chi connectivity index (χ4n) is 4.49. The molecule has 2 fully saturated rings. The molecule has 1 aromatic rings. The first-order chi connectivity index (χ1) is 14.2. The summed E-state index contributed by atoms with van der Waals surface area (Å²) in [4.78, 5) is 54.7. The fourth-order valence-corrected chi connectivity index (χ4v) is 4.49. The van der Waals surface area contributed by atoms with E-state index in [1.165, 1.54) is 6.92 Å². The first-order valence-electron chi connectivity index (χ1n) is 10.6. The third-order valence-corrected chi connectivity index (χ3v) is 6.08. The lowest BCUT2D eigenvalue weighted by Crippen LogP contribution is -2.35. The predicted molar refractivity (Wildman–Crippen MR) is 108 cm³/mol. The van der Waals surface area contributed by atoms with Gasteiger partial charge in [-0.15, -0.1) is 0 Å². The summed E-state index contributed by atoms with van der Waals surface area (Å²) in [6, 6.07) is 0.222. The van der Waals surface area contributed by atoms with Crippen LogP contribution >= 0.6 is 0 Å². The average molecular weight is 418 g/mol. The molecule has 2 aliphatic rings. The summed E-state index contributed by atoms with van der Waals surface area (Å²) in [6.45, 7) is 7.16. The van der Waals surface area contributed by atoms with Crippen LogP contribution in [0.25, 0.3) is 0 Å². The number of hydrogen-bond acceptors (Lipinski definition) is 6. The molecule has 30 heavy (non-hydrogen) atoms. The van der Waals surface area contributed by atoms with E-state index >= 15 is 0 Å². The van der Waals surface area contributed by atoms with E-state index in [9.17, 15) is 19.2 Å². The van der Waals surface area contributed by atoms with E-state index in [1.54, 1.807) is 25.7 Å². The Labute approximate surface area is 176 Å². The van der Waals surface area contributed by atoms with E-state index in [2.05, 4.69) is 4.98 Å². The standard InChI is InChI=1S/C22H30N2O6/c1-5-29-22(28)18-12(2)19(23-13(18)3)20(26)14(4)30-21(27)15-10-17(25)24(11-15)16-8-6-7-9-16/h14-16,23H,5-11H2,1-4H3/t14-,15+/m0/s1. The van der Waals surface area contributed by atoms with Gasteiger partial charge in [-0.2, -0.15) is 0 Å². The number of rotatable bonds is 7. The van der Waals surface area contributed by atoms with Crippen LogP contribution in [0.15, 0.2) is 0 Å². The number of carbonyl (C=O) groups excluding carboxylic acids is 4. The van der Waals surface area contributed by atoms with Crippen molar-refractivity contribution >= 4 is 23.6 Å². The molecule has 0 bridgehead atoms. The molecule has 0 aromatic carbocycles. The maximum atomic E-state index is 12.9. The van der Waals surface area contributed by atoms with Crippen molar-refractivity contribution in [3.8, 4) is 0 Å². The summed E-state index contributed by atoms with van der Waals surface area (Å²) >= 11 is 0. The molecule has 8 nitrogen and oxygen atoms in total. The average Bonchev–Trinajstić information content (AvgIpc) is 3.40. The number of nitrogens with zero attached hydrogens (tertiary/aromatic N) is 1. The van der Waals surface area contributed by atoms with E-state index in [0.29, 0.717) is 23.4 Å². The molecule has 1 aromatic heterocycles. The van der Waals surface area contributed by atoms with Crippen molar-refractivity contribution < 1.29 is 28.7 Å². The van der Waals surface area contributed by atoms with Gasteiger partial charge in [0.25, 0.3) is 0 Å². The van der Waals surface area contributed by atoms with Gasteiger partial charge in [0.15, 0.2) is 6.10 Å². The number of aromatic nitrogens is 1. The molecule has 1 aliphatic carbocycles. The maximum Gasteiger partial charge on any atom is 0.340 e. The summed E-state index contributed by atoms with van der Waals surface area (Å²) in [5, 5.41) is 0. The molecular weight excluding hydrogens is 388 g/mol. The highest BCUT2D eigenvalue weighted by Gasteiger charge is 2.40. The zero-order valence-corrected chi connectivity index (χ0v) is 18.1. The van der Waals surface area contributed by atoms with Gasteiger partial charge in [0, 0.05) is 24.7 Å². The Morgan fingerprint density at radius 1 is 1.20 bits per heavy atom. The highest BCUT2D eigenvalue weighted by atomic mass is 16.5. The molecule has 8 heteroatoms. The second kappa shape index (κ2) is 9.02. The number of aryl methyl sites for hydroxylation is 1. The van der Waals surface area contributed by atoms with Gasteiger partial charge in [-0.05, 0) is 46.1 Å². The molecule has 1 saturated heterocycles. The Balaban J connectivity index is 1.64. The van der Waals surface area contributed by atoms with Gasteiger partial charge in [-0.25, -0.2) is 4.79 Å². The Bertz CT molecular complexity index is 852. The van der Waals surface area contributed by atoms with Crippen LogP contribution < -0.4 is 0 Å². The minimum atomic E-state index is -1.03.